The van der Waals surface area contributed by atoms with Crippen molar-refractivity contribution < 1.29 is 19.4 Å². The van der Waals surface area contributed by atoms with Gasteiger partial charge in [0.05, 0.1) is 23.5 Å². The van der Waals surface area contributed by atoms with Crippen LogP contribution in [-0.2, 0) is 9.53 Å². The molecule has 1 amide bonds. The zero-order valence-corrected chi connectivity index (χ0v) is 15.0. The van der Waals surface area contributed by atoms with E-state index >= 15 is 0 Å². The maximum absolute atomic E-state index is 12.7. The Hall–Kier alpha value is -3.33. The number of pyridine rings is 1. The van der Waals surface area contributed by atoms with Gasteiger partial charge in [-0.1, -0.05) is 11.3 Å². The summed E-state index contributed by atoms with van der Waals surface area (Å²) in [6, 6.07) is 9.38. The van der Waals surface area contributed by atoms with Gasteiger partial charge in [-0.25, -0.2) is 4.68 Å². The molecule has 3 aromatic rings. The molecule has 0 saturated carbocycles. The maximum Gasteiger partial charge on any atom is 0.323 e. The highest BCUT2D eigenvalue weighted by Crippen LogP contribution is 2.19. The monoisotopic (exact) mass is 369 g/mol. The molecule has 9 nitrogen and oxygen atoms in total. The van der Waals surface area contributed by atoms with Gasteiger partial charge >= 0.3 is 5.97 Å². The summed E-state index contributed by atoms with van der Waals surface area (Å²) < 4.78 is 6.50. The first-order valence-electron chi connectivity index (χ1n) is 8.28. The molecule has 0 bridgehead atoms. The molecule has 0 atom stereocenters. The number of rotatable bonds is 7. The second-order valence-corrected chi connectivity index (χ2v) is 5.93. The quantitative estimate of drug-likeness (QED) is 0.668. The first kappa shape index (κ1) is 18.5. The summed E-state index contributed by atoms with van der Waals surface area (Å²) in [4.78, 5) is 29.3. The van der Waals surface area contributed by atoms with E-state index in [0.29, 0.717) is 5.69 Å². The zero-order chi connectivity index (χ0) is 19.4. The fraction of sp³-hybridized carbons (Fsp3) is 0.278. The normalized spacial score (nSPS) is 10.9. The molecule has 2 aromatic heterocycles. The van der Waals surface area contributed by atoms with Crippen LogP contribution in [-0.4, -0.2) is 68.7 Å². The number of carboxylic acid groups (broad SMARTS) is 1. The van der Waals surface area contributed by atoms with Crippen molar-refractivity contribution >= 4 is 22.8 Å². The number of carbonyl (C=O) groups excluding carboxylic acids is 1. The van der Waals surface area contributed by atoms with Crippen LogP contribution in [0.4, 0.5) is 0 Å². The molecule has 0 saturated heterocycles. The third-order valence-corrected chi connectivity index (χ3v) is 4.11. The molecular weight excluding hydrogens is 350 g/mol. The highest BCUT2D eigenvalue weighted by atomic mass is 16.5. The lowest BCUT2D eigenvalue weighted by Crippen LogP contribution is -2.38. The molecule has 140 valence electrons. The van der Waals surface area contributed by atoms with Crippen LogP contribution in [0.3, 0.4) is 0 Å². The molecule has 0 fully saturated rings. The summed E-state index contributed by atoms with van der Waals surface area (Å²) in [7, 11) is 1.49. The smallest absolute Gasteiger partial charge is 0.323 e. The van der Waals surface area contributed by atoms with Gasteiger partial charge in [0.2, 0.25) is 0 Å². The topological polar surface area (TPSA) is 110 Å². The summed E-state index contributed by atoms with van der Waals surface area (Å²) in [6.45, 7) is 1.66. The fourth-order valence-electron chi connectivity index (χ4n) is 2.73. The van der Waals surface area contributed by atoms with Gasteiger partial charge in [0.25, 0.3) is 5.91 Å². The van der Waals surface area contributed by atoms with Crippen molar-refractivity contribution in [2.45, 2.75) is 6.92 Å². The number of benzene rings is 1. The Bertz CT molecular complexity index is 985. The first-order chi connectivity index (χ1) is 13.0. The summed E-state index contributed by atoms with van der Waals surface area (Å²) in [5.74, 6) is -1.60. The van der Waals surface area contributed by atoms with Crippen molar-refractivity contribution in [3.8, 4) is 5.69 Å². The molecule has 0 aliphatic carbocycles. The first-order valence-corrected chi connectivity index (χ1v) is 8.28. The van der Waals surface area contributed by atoms with Crippen molar-refractivity contribution in [1.29, 1.82) is 0 Å². The van der Waals surface area contributed by atoms with Gasteiger partial charge in [0.15, 0.2) is 5.69 Å². The van der Waals surface area contributed by atoms with E-state index in [1.165, 1.54) is 12.0 Å². The SMILES string of the molecule is COCCN(CC(=O)O)C(=O)c1nnn(-c2ccc3ncccc3c2)c1C. The Labute approximate surface area is 155 Å². The predicted molar refractivity (Wildman–Crippen MR) is 96.8 cm³/mol. The molecule has 9 heteroatoms. The lowest BCUT2D eigenvalue weighted by Gasteiger charge is -2.19. The van der Waals surface area contributed by atoms with Gasteiger partial charge in [0.1, 0.15) is 6.54 Å². The largest absolute Gasteiger partial charge is 0.480 e. The number of aliphatic carboxylic acids is 1. The van der Waals surface area contributed by atoms with Gasteiger partial charge in [-0.15, -0.1) is 5.10 Å². The molecule has 1 N–H and O–H groups in total. The number of ether oxygens (including phenoxy) is 1. The summed E-state index contributed by atoms with van der Waals surface area (Å²) in [5.41, 5.74) is 2.22. The third kappa shape index (κ3) is 3.93. The van der Waals surface area contributed by atoms with Gasteiger partial charge in [-0.3, -0.25) is 14.6 Å². The number of nitrogens with zero attached hydrogens (tertiary/aromatic N) is 5. The van der Waals surface area contributed by atoms with Gasteiger partial charge in [-0.2, -0.15) is 0 Å². The third-order valence-electron chi connectivity index (χ3n) is 4.11. The molecule has 1 aromatic carbocycles. The number of hydrogen-bond donors (Lipinski definition) is 1. The number of carbonyl (C=O) groups is 2. The van der Waals surface area contributed by atoms with Crippen LogP contribution in [0, 0.1) is 6.92 Å². The average Bonchev–Trinajstić information content (AvgIpc) is 3.05. The number of aromatic nitrogens is 4. The molecule has 0 aliphatic rings. The predicted octanol–water partition coefficient (Wildman–Crippen LogP) is 1.30. The molecule has 0 spiro atoms. The zero-order valence-electron chi connectivity index (χ0n) is 15.0. The minimum atomic E-state index is -1.11. The van der Waals surface area contributed by atoms with Crippen LogP contribution in [0.1, 0.15) is 16.2 Å². The minimum Gasteiger partial charge on any atom is -0.480 e. The Morgan fingerprint density at radius 1 is 1.30 bits per heavy atom. The minimum absolute atomic E-state index is 0.110. The van der Waals surface area contributed by atoms with Crippen molar-refractivity contribution in [3.05, 3.63) is 47.9 Å². The summed E-state index contributed by atoms with van der Waals surface area (Å²) in [6.07, 6.45) is 1.72. The molecule has 0 aliphatic heterocycles. The van der Waals surface area contributed by atoms with Crippen LogP contribution in [0.25, 0.3) is 16.6 Å². The maximum atomic E-state index is 12.7. The van der Waals surface area contributed by atoms with E-state index in [-0.39, 0.29) is 18.8 Å². The van der Waals surface area contributed by atoms with E-state index in [9.17, 15) is 9.59 Å². The van der Waals surface area contributed by atoms with Crippen LogP contribution in [0.5, 0.6) is 0 Å². The van der Waals surface area contributed by atoms with Gasteiger partial charge < -0.3 is 14.7 Å². The summed E-state index contributed by atoms with van der Waals surface area (Å²) in [5, 5.41) is 18.0. The molecule has 0 radical (unpaired) electrons. The highest BCUT2D eigenvalue weighted by Gasteiger charge is 2.24. The lowest BCUT2D eigenvalue weighted by atomic mass is 10.2. The fourth-order valence-corrected chi connectivity index (χ4v) is 2.73. The van der Waals surface area contributed by atoms with Crippen LogP contribution in [0.2, 0.25) is 0 Å². The van der Waals surface area contributed by atoms with Gasteiger partial charge in [0, 0.05) is 25.2 Å². The van der Waals surface area contributed by atoms with E-state index in [4.69, 9.17) is 9.84 Å². The van der Waals surface area contributed by atoms with Crippen LogP contribution >= 0.6 is 0 Å². The Morgan fingerprint density at radius 3 is 2.85 bits per heavy atom. The number of fused-ring (bicyclic) bond motifs is 1. The van der Waals surface area contributed by atoms with Crippen molar-refractivity contribution in [2.24, 2.45) is 0 Å². The van der Waals surface area contributed by atoms with E-state index in [1.54, 1.807) is 17.8 Å². The second-order valence-electron chi connectivity index (χ2n) is 5.93. The van der Waals surface area contributed by atoms with Crippen LogP contribution < -0.4 is 0 Å². The molecule has 0 unspecified atom stereocenters. The van der Waals surface area contributed by atoms with Gasteiger partial charge in [-0.05, 0) is 31.2 Å². The number of methoxy groups -OCH3 is 1. The number of amides is 1. The lowest BCUT2D eigenvalue weighted by molar-refractivity contribution is -0.137. The molecule has 3 rings (SSSR count). The van der Waals surface area contributed by atoms with E-state index < -0.39 is 18.4 Å². The van der Waals surface area contributed by atoms with Crippen molar-refractivity contribution in [2.75, 3.05) is 26.8 Å². The Morgan fingerprint density at radius 2 is 2.11 bits per heavy atom. The van der Waals surface area contributed by atoms with E-state index in [1.807, 2.05) is 30.3 Å². The number of hydrogen-bond acceptors (Lipinski definition) is 6. The highest BCUT2D eigenvalue weighted by molar-refractivity contribution is 5.95. The van der Waals surface area contributed by atoms with Crippen molar-refractivity contribution in [1.82, 2.24) is 24.9 Å². The summed E-state index contributed by atoms with van der Waals surface area (Å²) >= 11 is 0. The number of carboxylic acids is 1. The molecular formula is C18H19N5O4. The Balaban J connectivity index is 1.92. The molecule has 27 heavy (non-hydrogen) atoms. The van der Waals surface area contributed by atoms with Crippen molar-refractivity contribution in [3.63, 3.8) is 0 Å². The Kier molecular flexibility index (Phi) is 5.41. The standard InChI is InChI=1S/C18H19N5O4/c1-12-17(18(26)22(8-9-27-2)11-16(24)25)20-21-23(12)14-5-6-15-13(10-14)4-3-7-19-15/h3-7,10H,8-9,11H2,1-2H3,(H,24,25). The van der Waals surface area contributed by atoms with E-state index in [0.717, 1.165) is 16.6 Å². The molecule has 2 heterocycles. The van der Waals surface area contributed by atoms with Crippen LogP contribution in [0.15, 0.2) is 36.5 Å². The second kappa shape index (κ2) is 7.92. The van der Waals surface area contributed by atoms with E-state index in [2.05, 4.69) is 15.3 Å². The average molecular weight is 369 g/mol.